The lowest BCUT2D eigenvalue weighted by molar-refractivity contribution is 0.0708. The molecule has 1 saturated heterocycles. The van der Waals surface area contributed by atoms with Gasteiger partial charge in [0.2, 0.25) is 0 Å². The molecule has 0 atom stereocenters. The Bertz CT molecular complexity index is 703. The molecule has 1 aromatic carbocycles. The molecule has 0 radical (unpaired) electrons. The Balaban J connectivity index is 1.64. The van der Waals surface area contributed by atoms with Crippen LogP contribution in [0.25, 0.3) is 0 Å². The van der Waals surface area contributed by atoms with Crippen molar-refractivity contribution < 1.29 is 9.59 Å². The summed E-state index contributed by atoms with van der Waals surface area (Å²) in [5.41, 5.74) is 8.06. The Morgan fingerprint density at radius 3 is 2.54 bits per heavy atom. The number of urea groups is 1. The summed E-state index contributed by atoms with van der Waals surface area (Å²) in [5, 5.41) is 2.71. The third-order valence-corrected chi connectivity index (χ3v) is 4.43. The first kappa shape index (κ1) is 16.1. The molecule has 3 amide bonds. The van der Waals surface area contributed by atoms with Gasteiger partial charge in [-0.2, -0.15) is 0 Å². The zero-order valence-electron chi connectivity index (χ0n) is 13.5. The van der Waals surface area contributed by atoms with Crippen molar-refractivity contribution in [1.82, 2.24) is 15.2 Å². The van der Waals surface area contributed by atoms with E-state index < -0.39 is 6.03 Å². The molecule has 0 spiro atoms. The maximum atomic E-state index is 12.8. The minimum atomic E-state index is -0.504. The number of nitrogens with one attached hydrogen (secondary N) is 2. The van der Waals surface area contributed by atoms with Gasteiger partial charge < -0.3 is 20.9 Å². The minimum absolute atomic E-state index is 0.0414. The molecule has 1 aliphatic rings. The van der Waals surface area contributed by atoms with E-state index in [4.69, 9.17) is 5.73 Å². The molecule has 0 saturated carbocycles. The van der Waals surface area contributed by atoms with Crippen LogP contribution >= 0.6 is 0 Å². The van der Waals surface area contributed by atoms with Crippen molar-refractivity contribution in [3.63, 3.8) is 0 Å². The predicted octanol–water partition coefficient (Wildman–Crippen LogP) is 1.88. The van der Waals surface area contributed by atoms with Gasteiger partial charge >= 0.3 is 6.03 Å². The van der Waals surface area contributed by atoms with E-state index in [0.717, 1.165) is 30.4 Å². The molecule has 4 N–H and O–H groups in total. The number of primary amides is 1. The number of hydrogen-bond acceptors (Lipinski definition) is 2. The molecule has 0 bridgehead atoms. The fraction of sp³-hybridized carbons (Fsp3) is 0.333. The van der Waals surface area contributed by atoms with Crippen LogP contribution in [0, 0.1) is 0 Å². The van der Waals surface area contributed by atoms with Crippen LogP contribution in [0.4, 0.5) is 4.79 Å². The zero-order chi connectivity index (χ0) is 16.9. The lowest BCUT2D eigenvalue weighted by Gasteiger charge is -2.32. The molecule has 1 aromatic heterocycles. The van der Waals surface area contributed by atoms with Gasteiger partial charge in [0.15, 0.2) is 0 Å². The van der Waals surface area contributed by atoms with Crippen LogP contribution in [0.5, 0.6) is 0 Å². The Hall–Kier alpha value is -2.76. The number of likely N-dealkylation sites (tertiary alicyclic amines) is 1. The number of amides is 3. The Labute approximate surface area is 141 Å². The van der Waals surface area contributed by atoms with Gasteiger partial charge in [-0.3, -0.25) is 4.79 Å². The number of benzene rings is 1. The number of nitrogens with zero attached hydrogens (tertiary/aromatic N) is 1. The number of H-pyrrole nitrogens is 1. The second-order valence-electron chi connectivity index (χ2n) is 6.13. The van der Waals surface area contributed by atoms with Gasteiger partial charge in [0.1, 0.15) is 0 Å². The molecule has 3 rings (SSSR count). The van der Waals surface area contributed by atoms with Gasteiger partial charge in [-0.25, -0.2) is 4.79 Å². The zero-order valence-corrected chi connectivity index (χ0v) is 13.5. The summed E-state index contributed by atoms with van der Waals surface area (Å²) >= 11 is 0. The Morgan fingerprint density at radius 1 is 1.17 bits per heavy atom. The highest BCUT2D eigenvalue weighted by Gasteiger charge is 2.25. The van der Waals surface area contributed by atoms with Crippen LogP contribution in [-0.4, -0.2) is 41.0 Å². The van der Waals surface area contributed by atoms with E-state index in [1.807, 2.05) is 29.3 Å². The molecule has 126 valence electrons. The van der Waals surface area contributed by atoms with Crippen molar-refractivity contribution in [3.8, 4) is 0 Å². The highest BCUT2D eigenvalue weighted by molar-refractivity contribution is 5.95. The standard InChI is InChI=1S/C18H22N4O2/c19-18(24)21-15-6-8-22(9-7-15)17(23)16-12-20-11-14(16)10-13-4-2-1-3-5-13/h1-5,11-12,15,20H,6-10H2,(H3,19,21,24). The summed E-state index contributed by atoms with van der Waals surface area (Å²) in [7, 11) is 0. The topological polar surface area (TPSA) is 91.2 Å². The molecule has 0 aliphatic carbocycles. The number of aromatic nitrogens is 1. The van der Waals surface area contributed by atoms with E-state index in [1.165, 1.54) is 5.56 Å². The number of carbonyl (C=O) groups is 2. The third-order valence-electron chi connectivity index (χ3n) is 4.43. The lowest BCUT2D eigenvalue weighted by atomic mass is 10.0. The van der Waals surface area contributed by atoms with Gasteiger partial charge in [0.25, 0.3) is 5.91 Å². The molecule has 0 unspecified atom stereocenters. The molecule has 6 heteroatoms. The molecule has 1 fully saturated rings. The Morgan fingerprint density at radius 2 is 1.88 bits per heavy atom. The summed E-state index contributed by atoms with van der Waals surface area (Å²) in [6.07, 6.45) is 5.85. The quantitative estimate of drug-likeness (QED) is 0.800. The van der Waals surface area contributed by atoms with Crippen molar-refractivity contribution in [2.45, 2.75) is 25.3 Å². The average molecular weight is 326 g/mol. The number of carbonyl (C=O) groups excluding carboxylic acids is 2. The normalized spacial score (nSPS) is 15.2. The second kappa shape index (κ2) is 7.21. The number of aromatic amines is 1. The molecular formula is C18H22N4O2. The number of piperidine rings is 1. The lowest BCUT2D eigenvalue weighted by Crippen LogP contribution is -2.48. The van der Waals surface area contributed by atoms with Gasteiger partial charge in [-0.15, -0.1) is 0 Å². The van der Waals surface area contributed by atoms with Gasteiger partial charge in [-0.1, -0.05) is 30.3 Å². The molecular weight excluding hydrogens is 304 g/mol. The smallest absolute Gasteiger partial charge is 0.312 e. The van der Waals surface area contributed by atoms with E-state index in [-0.39, 0.29) is 11.9 Å². The molecule has 24 heavy (non-hydrogen) atoms. The molecule has 2 heterocycles. The van der Waals surface area contributed by atoms with E-state index in [2.05, 4.69) is 22.4 Å². The van der Waals surface area contributed by atoms with Crippen molar-refractivity contribution in [1.29, 1.82) is 0 Å². The summed E-state index contributed by atoms with van der Waals surface area (Å²) in [4.78, 5) is 28.6. The Kier molecular flexibility index (Phi) is 4.84. The maximum absolute atomic E-state index is 12.8. The van der Waals surface area contributed by atoms with Crippen LogP contribution in [0.2, 0.25) is 0 Å². The van der Waals surface area contributed by atoms with E-state index in [0.29, 0.717) is 13.1 Å². The molecule has 1 aliphatic heterocycles. The van der Waals surface area contributed by atoms with E-state index in [9.17, 15) is 9.59 Å². The van der Waals surface area contributed by atoms with Gasteiger partial charge in [0.05, 0.1) is 5.56 Å². The predicted molar refractivity (Wildman–Crippen MR) is 91.7 cm³/mol. The summed E-state index contributed by atoms with van der Waals surface area (Å²) < 4.78 is 0. The van der Waals surface area contributed by atoms with Crippen LogP contribution in [0.3, 0.4) is 0 Å². The fourth-order valence-corrected chi connectivity index (χ4v) is 3.16. The largest absolute Gasteiger partial charge is 0.367 e. The monoisotopic (exact) mass is 326 g/mol. The first-order valence-corrected chi connectivity index (χ1v) is 8.18. The number of nitrogens with two attached hydrogens (primary N) is 1. The van der Waals surface area contributed by atoms with Crippen LogP contribution in [0.15, 0.2) is 42.7 Å². The van der Waals surface area contributed by atoms with Gasteiger partial charge in [-0.05, 0) is 30.4 Å². The maximum Gasteiger partial charge on any atom is 0.312 e. The fourth-order valence-electron chi connectivity index (χ4n) is 3.16. The highest BCUT2D eigenvalue weighted by Crippen LogP contribution is 2.19. The number of rotatable bonds is 4. The van der Waals surface area contributed by atoms with Crippen molar-refractivity contribution >= 4 is 11.9 Å². The van der Waals surface area contributed by atoms with Crippen molar-refractivity contribution in [2.24, 2.45) is 5.73 Å². The molecule has 6 nitrogen and oxygen atoms in total. The SMILES string of the molecule is NC(=O)NC1CCN(C(=O)c2c[nH]cc2Cc2ccccc2)CC1. The van der Waals surface area contributed by atoms with Crippen LogP contribution in [-0.2, 0) is 6.42 Å². The summed E-state index contributed by atoms with van der Waals surface area (Å²) in [6, 6.07) is 9.65. The first-order valence-electron chi connectivity index (χ1n) is 8.18. The number of hydrogen-bond donors (Lipinski definition) is 3. The average Bonchev–Trinajstić information content (AvgIpc) is 3.03. The van der Waals surface area contributed by atoms with Crippen molar-refractivity contribution in [2.75, 3.05) is 13.1 Å². The summed E-state index contributed by atoms with van der Waals surface area (Å²) in [5.74, 6) is 0.0414. The second-order valence-corrected chi connectivity index (χ2v) is 6.13. The highest BCUT2D eigenvalue weighted by atomic mass is 16.2. The van der Waals surface area contributed by atoms with Crippen LogP contribution < -0.4 is 11.1 Å². The third kappa shape index (κ3) is 3.76. The van der Waals surface area contributed by atoms with Gasteiger partial charge in [0, 0.05) is 31.5 Å². The van der Waals surface area contributed by atoms with E-state index >= 15 is 0 Å². The minimum Gasteiger partial charge on any atom is -0.367 e. The summed E-state index contributed by atoms with van der Waals surface area (Å²) in [6.45, 7) is 1.25. The van der Waals surface area contributed by atoms with Crippen LogP contribution in [0.1, 0.15) is 34.3 Å². The molecule has 2 aromatic rings. The first-order chi connectivity index (χ1) is 11.6. The van der Waals surface area contributed by atoms with E-state index in [1.54, 1.807) is 6.20 Å². The van der Waals surface area contributed by atoms with Crippen molar-refractivity contribution in [3.05, 3.63) is 59.4 Å².